The smallest absolute Gasteiger partial charge is 0.318 e. The van der Waals surface area contributed by atoms with Gasteiger partial charge in [0, 0.05) is 12.1 Å². The highest BCUT2D eigenvalue weighted by atomic mass is 16.5. The summed E-state index contributed by atoms with van der Waals surface area (Å²) in [6.45, 7) is 6.56. The van der Waals surface area contributed by atoms with E-state index in [-0.39, 0.29) is 18.7 Å². The van der Waals surface area contributed by atoms with Gasteiger partial charge in [-0.1, -0.05) is 17.7 Å². The second kappa shape index (κ2) is 6.57. The van der Waals surface area contributed by atoms with Crippen LogP contribution < -0.4 is 10.1 Å². The van der Waals surface area contributed by atoms with E-state index in [0.717, 1.165) is 29.7 Å². The van der Waals surface area contributed by atoms with E-state index in [1.807, 2.05) is 39.0 Å². The Labute approximate surface area is 132 Å². The van der Waals surface area contributed by atoms with E-state index in [0.29, 0.717) is 6.54 Å². The van der Waals surface area contributed by atoms with E-state index >= 15 is 0 Å². The molecular weight excluding hydrogens is 280 g/mol. The molecule has 22 heavy (non-hydrogen) atoms. The Morgan fingerprint density at radius 1 is 1.55 bits per heavy atom. The Kier molecular flexibility index (Phi) is 4.96. The highest BCUT2D eigenvalue weighted by Crippen LogP contribution is 2.30. The lowest BCUT2D eigenvalue weighted by Crippen LogP contribution is -2.52. The van der Waals surface area contributed by atoms with E-state index in [1.54, 1.807) is 12.0 Å². The van der Waals surface area contributed by atoms with Crippen molar-refractivity contribution in [3.63, 3.8) is 0 Å². The molecule has 1 aromatic carbocycles. The van der Waals surface area contributed by atoms with Crippen LogP contribution in [-0.4, -0.2) is 41.8 Å². The quantitative estimate of drug-likeness (QED) is 0.899. The van der Waals surface area contributed by atoms with E-state index < -0.39 is 5.54 Å². The highest BCUT2D eigenvalue weighted by molar-refractivity contribution is 5.76. The minimum atomic E-state index is -0.458. The van der Waals surface area contributed by atoms with Crippen LogP contribution in [0.5, 0.6) is 5.75 Å². The summed E-state index contributed by atoms with van der Waals surface area (Å²) >= 11 is 0. The van der Waals surface area contributed by atoms with E-state index in [1.165, 1.54) is 0 Å². The lowest BCUT2D eigenvalue weighted by molar-refractivity contribution is 0.0961. The third-order valence-electron chi connectivity index (χ3n) is 4.53. The number of rotatable bonds is 4. The summed E-state index contributed by atoms with van der Waals surface area (Å²) < 4.78 is 5.39. The van der Waals surface area contributed by atoms with Gasteiger partial charge < -0.3 is 20.1 Å². The van der Waals surface area contributed by atoms with Crippen molar-refractivity contribution < 1.29 is 14.6 Å². The molecule has 2 amide bonds. The summed E-state index contributed by atoms with van der Waals surface area (Å²) in [7, 11) is 1.63. The van der Waals surface area contributed by atoms with Crippen molar-refractivity contribution in [1.29, 1.82) is 0 Å². The van der Waals surface area contributed by atoms with Gasteiger partial charge in [0.05, 0.1) is 25.3 Å². The van der Waals surface area contributed by atoms with Gasteiger partial charge in [0.1, 0.15) is 5.75 Å². The Balaban J connectivity index is 2.13. The van der Waals surface area contributed by atoms with Crippen molar-refractivity contribution in [3.8, 4) is 5.75 Å². The predicted molar refractivity (Wildman–Crippen MR) is 86.1 cm³/mol. The fraction of sp³-hybridized carbons (Fsp3) is 0.588. The van der Waals surface area contributed by atoms with Gasteiger partial charge in [0.25, 0.3) is 0 Å². The van der Waals surface area contributed by atoms with Crippen molar-refractivity contribution in [1.82, 2.24) is 10.2 Å². The molecule has 5 nitrogen and oxygen atoms in total. The van der Waals surface area contributed by atoms with Crippen molar-refractivity contribution in [3.05, 3.63) is 29.3 Å². The summed E-state index contributed by atoms with van der Waals surface area (Å²) in [5, 5.41) is 12.6. The second-order valence-electron chi connectivity index (χ2n) is 6.33. The first kappa shape index (κ1) is 16.6. The van der Waals surface area contributed by atoms with Gasteiger partial charge in [-0.15, -0.1) is 0 Å². The number of amides is 2. The topological polar surface area (TPSA) is 61.8 Å². The molecular formula is C17H26N2O3. The van der Waals surface area contributed by atoms with Gasteiger partial charge in [0.15, 0.2) is 0 Å². The van der Waals surface area contributed by atoms with Crippen LogP contribution >= 0.6 is 0 Å². The number of hydrogen-bond donors (Lipinski definition) is 2. The predicted octanol–water partition coefficient (Wildman–Crippen LogP) is 2.62. The van der Waals surface area contributed by atoms with Gasteiger partial charge in [-0.3, -0.25) is 0 Å². The maximum Gasteiger partial charge on any atom is 0.318 e. The van der Waals surface area contributed by atoms with Crippen molar-refractivity contribution in [2.75, 3.05) is 20.3 Å². The molecule has 1 aromatic rings. The number of ether oxygens (including phenoxy) is 1. The van der Waals surface area contributed by atoms with Gasteiger partial charge in [-0.25, -0.2) is 4.79 Å². The van der Waals surface area contributed by atoms with Crippen molar-refractivity contribution in [2.24, 2.45) is 0 Å². The first-order valence-electron chi connectivity index (χ1n) is 7.75. The molecule has 5 heteroatoms. The molecule has 0 radical (unpaired) electrons. The standard InChI is InChI=1S/C17H26N2O3/c1-12-6-7-15(22-4)14(10-12)13(2)18-16(21)19-9-5-8-17(19,3)11-20/h6-7,10,13,20H,5,8-9,11H2,1-4H3,(H,18,21). The fourth-order valence-corrected chi connectivity index (χ4v) is 3.07. The zero-order valence-electron chi connectivity index (χ0n) is 13.8. The Hall–Kier alpha value is -1.75. The SMILES string of the molecule is COc1ccc(C)cc1C(C)NC(=O)N1CCCC1(C)CO. The molecule has 0 spiro atoms. The molecule has 2 unspecified atom stereocenters. The van der Waals surface area contributed by atoms with Crippen LogP contribution in [0.2, 0.25) is 0 Å². The zero-order chi connectivity index (χ0) is 16.3. The third kappa shape index (κ3) is 3.19. The first-order chi connectivity index (χ1) is 10.4. The van der Waals surface area contributed by atoms with E-state index in [2.05, 4.69) is 5.32 Å². The Bertz CT molecular complexity index is 547. The van der Waals surface area contributed by atoms with Crippen LogP contribution in [-0.2, 0) is 0 Å². The number of benzene rings is 1. The summed E-state index contributed by atoms with van der Waals surface area (Å²) in [6.07, 6.45) is 1.76. The summed E-state index contributed by atoms with van der Waals surface area (Å²) in [6, 6.07) is 5.64. The molecule has 1 aliphatic rings. The maximum atomic E-state index is 12.6. The maximum absolute atomic E-state index is 12.6. The average molecular weight is 306 g/mol. The summed E-state index contributed by atoms with van der Waals surface area (Å²) in [4.78, 5) is 14.3. The number of aliphatic hydroxyl groups excluding tert-OH is 1. The number of nitrogens with one attached hydrogen (secondary N) is 1. The van der Waals surface area contributed by atoms with Crippen LogP contribution in [0.3, 0.4) is 0 Å². The Morgan fingerprint density at radius 2 is 2.27 bits per heavy atom. The molecule has 122 valence electrons. The van der Waals surface area contributed by atoms with Gasteiger partial charge >= 0.3 is 6.03 Å². The largest absolute Gasteiger partial charge is 0.496 e. The molecule has 2 N–H and O–H groups in total. The molecule has 1 fully saturated rings. The molecule has 0 aromatic heterocycles. The lowest BCUT2D eigenvalue weighted by Gasteiger charge is -2.34. The number of nitrogens with zero attached hydrogens (tertiary/aromatic N) is 1. The van der Waals surface area contributed by atoms with Gasteiger partial charge in [-0.2, -0.15) is 0 Å². The minimum Gasteiger partial charge on any atom is -0.496 e. The molecule has 0 bridgehead atoms. The second-order valence-corrected chi connectivity index (χ2v) is 6.33. The number of urea groups is 1. The normalized spacial score (nSPS) is 22.5. The highest BCUT2D eigenvalue weighted by Gasteiger charge is 2.39. The molecule has 1 heterocycles. The molecule has 2 rings (SSSR count). The lowest BCUT2D eigenvalue weighted by atomic mass is 10.0. The van der Waals surface area contributed by atoms with Crippen LogP contribution in [0.15, 0.2) is 18.2 Å². The zero-order valence-corrected chi connectivity index (χ0v) is 13.8. The minimum absolute atomic E-state index is 0.0113. The number of likely N-dealkylation sites (tertiary alicyclic amines) is 1. The van der Waals surface area contributed by atoms with Gasteiger partial charge in [-0.05, 0) is 39.7 Å². The number of aryl methyl sites for hydroxylation is 1. The number of aliphatic hydroxyl groups is 1. The van der Waals surface area contributed by atoms with E-state index in [4.69, 9.17) is 4.74 Å². The van der Waals surface area contributed by atoms with Crippen LogP contribution in [0, 0.1) is 6.92 Å². The number of carbonyl (C=O) groups excluding carboxylic acids is 1. The van der Waals surface area contributed by atoms with Crippen molar-refractivity contribution >= 4 is 6.03 Å². The third-order valence-corrected chi connectivity index (χ3v) is 4.53. The van der Waals surface area contributed by atoms with Crippen LogP contribution in [0.1, 0.15) is 43.9 Å². The molecule has 1 saturated heterocycles. The number of carbonyl (C=O) groups is 1. The number of methoxy groups -OCH3 is 1. The first-order valence-corrected chi connectivity index (χ1v) is 7.75. The molecule has 0 saturated carbocycles. The summed E-state index contributed by atoms with van der Waals surface area (Å²) in [5.74, 6) is 0.768. The Morgan fingerprint density at radius 3 is 2.91 bits per heavy atom. The monoisotopic (exact) mass is 306 g/mol. The summed E-state index contributed by atoms with van der Waals surface area (Å²) in [5.41, 5.74) is 1.62. The van der Waals surface area contributed by atoms with Crippen LogP contribution in [0.25, 0.3) is 0 Å². The van der Waals surface area contributed by atoms with E-state index in [9.17, 15) is 9.90 Å². The average Bonchev–Trinajstić information content (AvgIpc) is 2.89. The van der Waals surface area contributed by atoms with Crippen LogP contribution in [0.4, 0.5) is 4.79 Å². The van der Waals surface area contributed by atoms with Crippen molar-refractivity contribution in [2.45, 2.75) is 45.2 Å². The number of hydrogen-bond acceptors (Lipinski definition) is 3. The molecule has 1 aliphatic heterocycles. The molecule has 2 atom stereocenters. The van der Waals surface area contributed by atoms with Gasteiger partial charge in [0.2, 0.25) is 0 Å². The molecule has 0 aliphatic carbocycles. The fourth-order valence-electron chi connectivity index (χ4n) is 3.07.